The van der Waals surface area contributed by atoms with E-state index in [2.05, 4.69) is 11.2 Å². The predicted octanol–water partition coefficient (Wildman–Crippen LogP) is 2.36. The quantitative estimate of drug-likeness (QED) is 0.130. The molecule has 0 aliphatic heterocycles. The highest BCUT2D eigenvalue weighted by Gasteiger charge is 2.16. The number of hydrogen-bond acceptors (Lipinski definition) is 6. The Labute approximate surface area is 138 Å². The first-order chi connectivity index (χ1) is 11.4. The van der Waals surface area contributed by atoms with Gasteiger partial charge in [-0.25, -0.2) is 14.6 Å². The summed E-state index contributed by atoms with van der Waals surface area (Å²) in [7, 11) is 1.64. The maximum atomic E-state index is 13.0. The molecule has 0 aliphatic rings. The van der Waals surface area contributed by atoms with Crippen LogP contribution >= 0.6 is 0 Å². The molecule has 0 aliphatic carbocycles. The summed E-state index contributed by atoms with van der Waals surface area (Å²) < 4.78 is 31.1. The summed E-state index contributed by atoms with van der Waals surface area (Å²) in [6, 6.07) is 4.56. The van der Waals surface area contributed by atoms with Crippen LogP contribution in [-0.2, 0) is 16.1 Å². The lowest BCUT2D eigenvalue weighted by atomic mass is 10.1. The van der Waals surface area contributed by atoms with Crippen molar-refractivity contribution in [2.45, 2.75) is 20.0 Å². The topological polar surface area (TPSA) is 124 Å². The van der Waals surface area contributed by atoms with Crippen LogP contribution in [-0.4, -0.2) is 25.6 Å². The number of nitrogens with one attached hydrogen (secondary N) is 4. The van der Waals surface area contributed by atoms with Gasteiger partial charge in [-0.15, -0.1) is 0 Å². The van der Waals surface area contributed by atoms with Crippen molar-refractivity contribution in [3.8, 4) is 0 Å². The summed E-state index contributed by atoms with van der Waals surface area (Å²) in [6.07, 6.45) is 0.246. The zero-order valence-electron chi connectivity index (χ0n) is 13.4. The van der Waals surface area contributed by atoms with Crippen molar-refractivity contribution in [2.75, 3.05) is 12.4 Å². The van der Waals surface area contributed by atoms with Crippen molar-refractivity contribution in [3.05, 3.63) is 41.0 Å². The van der Waals surface area contributed by atoms with E-state index in [1.54, 1.807) is 31.5 Å². The number of hydrazine groups is 1. The molecule has 0 radical (unpaired) electrons. The minimum Gasteiger partial charge on any atom is -0.473 e. The zero-order valence-corrected chi connectivity index (χ0v) is 13.4. The standard InChI is InChI=1S/C14H17F2N3O.CH4N2O/c1-9(7-17)6-13(18)20-8-11-10(14(15)16)4-3-5-12(11)19-2;2-3-1-4/h3-7,14,17-19H,8H2,1-2H3;1H,2H2,(H,3,4)/b9-6-,17-7?,18-13?;. The van der Waals surface area contributed by atoms with Gasteiger partial charge in [0.05, 0.1) is 0 Å². The van der Waals surface area contributed by atoms with E-state index in [1.807, 2.05) is 0 Å². The average Bonchev–Trinajstić information content (AvgIpc) is 2.59. The lowest BCUT2D eigenvalue weighted by Crippen LogP contribution is -2.18. The molecule has 1 aromatic carbocycles. The Morgan fingerprint density at radius 1 is 1.46 bits per heavy atom. The number of allylic oxidation sites excluding steroid dienone is 1. The molecule has 132 valence electrons. The summed E-state index contributed by atoms with van der Waals surface area (Å²) in [4.78, 5) is 8.94. The van der Waals surface area contributed by atoms with Crippen molar-refractivity contribution in [3.63, 3.8) is 0 Å². The minimum atomic E-state index is -2.60. The Hall–Kier alpha value is -2.81. The summed E-state index contributed by atoms with van der Waals surface area (Å²) in [6.45, 7) is 1.52. The van der Waals surface area contributed by atoms with Gasteiger partial charge in [-0.2, -0.15) is 0 Å². The van der Waals surface area contributed by atoms with Gasteiger partial charge in [-0.1, -0.05) is 12.1 Å². The van der Waals surface area contributed by atoms with Crippen LogP contribution in [0.25, 0.3) is 0 Å². The molecule has 24 heavy (non-hydrogen) atoms. The number of hydrogen-bond donors (Lipinski definition) is 5. The largest absolute Gasteiger partial charge is 0.473 e. The summed E-state index contributed by atoms with van der Waals surface area (Å²) in [5, 5.41) is 17.4. The maximum absolute atomic E-state index is 13.0. The number of ether oxygens (including phenoxy) is 1. The molecule has 0 bridgehead atoms. The van der Waals surface area contributed by atoms with E-state index in [1.165, 1.54) is 12.1 Å². The zero-order chi connectivity index (χ0) is 18.5. The van der Waals surface area contributed by atoms with Crippen LogP contribution in [0.1, 0.15) is 24.5 Å². The molecule has 9 heteroatoms. The molecule has 0 saturated heterocycles. The van der Waals surface area contributed by atoms with Gasteiger partial charge >= 0.3 is 0 Å². The fourth-order valence-electron chi connectivity index (χ4n) is 1.64. The molecule has 1 amide bonds. The molecule has 0 spiro atoms. The number of alkyl halides is 2. The lowest BCUT2D eigenvalue weighted by Gasteiger charge is -2.14. The molecule has 0 fully saturated rings. The third kappa shape index (κ3) is 7.45. The second-order valence-corrected chi connectivity index (χ2v) is 4.39. The fraction of sp³-hybridized carbons (Fsp3) is 0.267. The van der Waals surface area contributed by atoms with Gasteiger partial charge in [0, 0.05) is 36.2 Å². The third-order valence-corrected chi connectivity index (χ3v) is 2.74. The van der Waals surface area contributed by atoms with Crippen molar-refractivity contribution in [2.24, 2.45) is 5.84 Å². The molecule has 0 saturated carbocycles. The van der Waals surface area contributed by atoms with Gasteiger partial charge in [0.2, 0.25) is 12.3 Å². The molecular weight excluding hydrogens is 320 g/mol. The molecule has 7 nitrogen and oxygen atoms in total. The molecule has 0 unspecified atom stereocenters. The van der Waals surface area contributed by atoms with Gasteiger partial charge in [0.15, 0.2) is 0 Å². The van der Waals surface area contributed by atoms with Gasteiger partial charge < -0.3 is 15.5 Å². The van der Waals surface area contributed by atoms with Crippen LogP contribution in [0.15, 0.2) is 29.8 Å². The van der Waals surface area contributed by atoms with E-state index < -0.39 is 6.43 Å². The molecule has 6 N–H and O–H groups in total. The molecule has 0 heterocycles. The van der Waals surface area contributed by atoms with Crippen LogP contribution in [0.5, 0.6) is 0 Å². The second-order valence-electron chi connectivity index (χ2n) is 4.39. The van der Waals surface area contributed by atoms with E-state index in [0.717, 1.165) is 6.21 Å². The lowest BCUT2D eigenvalue weighted by molar-refractivity contribution is -0.109. The number of carbonyl (C=O) groups is 1. The number of rotatable bonds is 7. The van der Waals surface area contributed by atoms with E-state index in [0.29, 0.717) is 23.2 Å². The van der Waals surface area contributed by atoms with Crippen LogP contribution in [0, 0.1) is 10.8 Å². The Kier molecular flexibility index (Phi) is 10.3. The Morgan fingerprint density at radius 2 is 2.08 bits per heavy atom. The van der Waals surface area contributed by atoms with Gasteiger partial charge in [-0.3, -0.25) is 15.6 Å². The van der Waals surface area contributed by atoms with Gasteiger partial charge in [-0.05, 0) is 18.6 Å². The Balaban J connectivity index is 0.00000118. The molecule has 1 aromatic rings. The highest BCUT2D eigenvalue weighted by molar-refractivity contribution is 5.91. The monoisotopic (exact) mass is 341 g/mol. The van der Waals surface area contributed by atoms with Gasteiger partial charge in [0.25, 0.3) is 6.43 Å². The van der Waals surface area contributed by atoms with E-state index in [-0.39, 0.29) is 18.1 Å². The number of benzene rings is 1. The summed E-state index contributed by atoms with van der Waals surface area (Å²) >= 11 is 0. The van der Waals surface area contributed by atoms with E-state index in [9.17, 15) is 8.78 Å². The summed E-state index contributed by atoms with van der Waals surface area (Å²) in [5.41, 5.74) is 3.06. The van der Waals surface area contributed by atoms with Crippen LogP contribution in [0.4, 0.5) is 14.5 Å². The average molecular weight is 341 g/mol. The summed E-state index contributed by atoms with van der Waals surface area (Å²) in [5.74, 6) is 4.24. The molecule has 0 atom stereocenters. The number of nitrogens with two attached hydrogens (primary N) is 1. The number of anilines is 1. The SMILES string of the molecule is CNc1cccc(C(F)F)c1COC(=N)/C=C(/C)C=N.NNC=O. The van der Waals surface area contributed by atoms with E-state index >= 15 is 0 Å². The normalized spacial score (nSPS) is 10.3. The van der Waals surface area contributed by atoms with Crippen molar-refractivity contribution in [1.82, 2.24) is 5.43 Å². The van der Waals surface area contributed by atoms with Crippen LogP contribution in [0.3, 0.4) is 0 Å². The fourth-order valence-corrected chi connectivity index (χ4v) is 1.64. The van der Waals surface area contributed by atoms with Gasteiger partial charge in [0.1, 0.15) is 6.61 Å². The highest BCUT2D eigenvalue weighted by Crippen LogP contribution is 2.28. The van der Waals surface area contributed by atoms with Crippen LogP contribution in [0.2, 0.25) is 0 Å². The second kappa shape index (κ2) is 11.7. The first-order valence-electron chi connectivity index (χ1n) is 6.78. The van der Waals surface area contributed by atoms with Crippen molar-refractivity contribution >= 4 is 24.2 Å². The molecule has 1 rings (SSSR count). The first-order valence-corrected chi connectivity index (χ1v) is 6.78. The Morgan fingerprint density at radius 3 is 2.54 bits per heavy atom. The smallest absolute Gasteiger partial charge is 0.264 e. The number of amides is 1. The Bertz CT molecular complexity index is 591. The maximum Gasteiger partial charge on any atom is 0.264 e. The molecular formula is C15H21F2N5O2. The highest BCUT2D eigenvalue weighted by atomic mass is 19.3. The predicted molar refractivity (Wildman–Crippen MR) is 89.4 cm³/mol. The van der Waals surface area contributed by atoms with Crippen molar-refractivity contribution in [1.29, 1.82) is 10.8 Å². The molecule has 0 aromatic heterocycles. The first kappa shape index (κ1) is 21.2. The number of halogens is 2. The van der Waals surface area contributed by atoms with Crippen molar-refractivity contribution < 1.29 is 18.3 Å². The minimum absolute atomic E-state index is 0.114. The van der Waals surface area contributed by atoms with E-state index in [4.69, 9.17) is 20.3 Å². The van der Waals surface area contributed by atoms with Crippen LogP contribution < -0.4 is 16.6 Å². The third-order valence-electron chi connectivity index (χ3n) is 2.74. The number of carbonyl (C=O) groups excluding carboxylic acids is 1.